The Labute approximate surface area is 148 Å². The molecule has 132 valence electrons. The van der Waals surface area contributed by atoms with E-state index in [1.54, 1.807) is 24.5 Å². The molecular weight excluding hydrogens is 366 g/mol. The van der Waals surface area contributed by atoms with Gasteiger partial charge in [0.15, 0.2) is 0 Å². The Morgan fingerprint density at radius 2 is 2.04 bits per heavy atom. The lowest BCUT2D eigenvalue weighted by Crippen LogP contribution is -2.73. The van der Waals surface area contributed by atoms with Gasteiger partial charge in [-0.2, -0.15) is 4.31 Å². The summed E-state index contributed by atoms with van der Waals surface area (Å²) in [5.74, 6) is -1.78. The molecule has 0 radical (unpaired) electrons. The highest BCUT2D eigenvalue weighted by atomic mass is 32.2. The molecule has 2 saturated heterocycles. The molecule has 1 amide bonds. The number of β-lactam (4-membered cyclic amide) rings is 1. The second kappa shape index (κ2) is 5.55. The van der Waals surface area contributed by atoms with Crippen LogP contribution in [0.5, 0.6) is 0 Å². The van der Waals surface area contributed by atoms with E-state index >= 15 is 0 Å². The first-order valence-electron chi connectivity index (χ1n) is 7.66. The molecule has 0 aromatic carbocycles. The van der Waals surface area contributed by atoms with Crippen molar-refractivity contribution in [3.05, 3.63) is 35.1 Å². The summed E-state index contributed by atoms with van der Waals surface area (Å²) in [6.07, 6.45) is 4.80. The number of carbonyl (C=O) groups excluding carboxylic acids is 1. The van der Waals surface area contributed by atoms with Gasteiger partial charge in [-0.3, -0.25) is 14.7 Å². The lowest BCUT2D eigenvalue weighted by molar-refractivity contribution is -0.158. The zero-order chi connectivity index (χ0) is 17.9. The SMILES string of the molecule is CS(=O)(=O)N1CCC2C(Sc3ccncc3)=C(C(=O)O)N3C(=O)[C@@H]1[C@@H]23. The largest absolute Gasteiger partial charge is 0.477 e. The summed E-state index contributed by atoms with van der Waals surface area (Å²) in [5.41, 5.74) is -0.0200. The van der Waals surface area contributed by atoms with Gasteiger partial charge >= 0.3 is 5.97 Å². The van der Waals surface area contributed by atoms with Crippen molar-refractivity contribution in [3.8, 4) is 0 Å². The lowest BCUT2D eigenvalue weighted by Gasteiger charge is -2.52. The van der Waals surface area contributed by atoms with E-state index in [0.29, 0.717) is 11.3 Å². The van der Waals surface area contributed by atoms with Gasteiger partial charge in [0.1, 0.15) is 11.7 Å². The van der Waals surface area contributed by atoms with Gasteiger partial charge < -0.3 is 5.11 Å². The number of thioether (sulfide) groups is 1. The monoisotopic (exact) mass is 381 g/mol. The van der Waals surface area contributed by atoms with Crippen LogP contribution in [0.15, 0.2) is 40.0 Å². The maximum Gasteiger partial charge on any atom is 0.353 e. The molecule has 3 atom stereocenters. The number of nitrogens with zero attached hydrogens (tertiary/aromatic N) is 3. The Bertz CT molecular complexity index is 899. The molecule has 1 aromatic rings. The van der Waals surface area contributed by atoms with Crippen molar-refractivity contribution < 1.29 is 23.1 Å². The van der Waals surface area contributed by atoms with Gasteiger partial charge in [-0.1, -0.05) is 11.8 Å². The molecule has 4 rings (SSSR count). The van der Waals surface area contributed by atoms with Crippen LogP contribution in [0.1, 0.15) is 6.42 Å². The van der Waals surface area contributed by atoms with Crippen molar-refractivity contribution in [3.63, 3.8) is 0 Å². The molecule has 2 fully saturated rings. The molecule has 10 heteroatoms. The van der Waals surface area contributed by atoms with Gasteiger partial charge in [-0.25, -0.2) is 13.2 Å². The van der Waals surface area contributed by atoms with Gasteiger partial charge in [-0.05, 0) is 18.6 Å². The van der Waals surface area contributed by atoms with Gasteiger partial charge in [0.2, 0.25) is 15.9 Å². The number of carboxylic acid groups (broad SMARTS) is 1. The van der Waals surface area contributed by atoms with Crippen molar-refractivity contribution in [1.82, 2.24) is 14.2 Å². The Balaban J connectivity index is 1.74. The number of carbonyl (C=O) groups is 2. The third-order valence-electron chi connectivity index (χ3n) is 4.81. The van der Waals surface area contributed by atoms with Crippen LogP contribution in [-0.2, 0) is 19.6 Å². The average molecular weight is 381 g/mol. The van der Waals surface area contributed by atoms with Crippen LogP contribution in [0.25, 0.3) is 0 Å². The summed E-state index contributed by atoms with van der Waals surface area (Å²) >= 11 is 1.31. The minimum atomic E-state index is -3.52. The number of sulfonamides is 1. The molecule has 3 aliphatic rings. The highest BCUT2D eigenvalue weighted by Crippen LogP contribution is 2.53. The number of amides is 1. The average Bonchev–Trinajstić information content (AvgIpc) is 2.87. The summed E-state index contributed by atoms with van der Waals surface area (Å²) < 4.78 is 25.1. The predicted octanol–water partition coefficient (Wildman–Crippen LogP) is 0.344. The number of piperidine rings is 1. The molecule has 4 heterocycles. The molecule has 1 N–H and O–H groups in total. The fourth-order valence-electron chi connectivity index (χ4n) is 3.84. The fraction of sp³-hybridized carbons (Fsp3) is 0.400. The maximum absolute atomic E-state index is 12.5. The smallest absolute Gasteiger partial charge is 0.353 e. The van der Waals surface area contributed by atoms with Crippen molar-refractivity contribution in [2.45, 2.75) is 23.4 Å². The van der Waals surface area contributed by atoms with E-state index in [-0.39, 0.29) is 18.2 Å². The van der Waals surface area contributed by atoms with Crippen LogP contribution in [0, 0.1) is 5.92 Å². The summed E-state index contributed by atoms with van der Waals surface area (Å²) in [6.45, 7) is 0.220. The first kappa shape index (κ1) is 16.6. The first-order chi connectivity index (χ1) is 11.8. The molecule has 3 aliphatic heterocycles. The first-order valence-corrected chi connectivity index (χ1v) is 10.3. The molecule has 1 unspecified atom stereocenters. The fourth-order valence-corrected chi connectivity index (χ4v) is 6.11. The zero-order valence-electron chi connectivity index (χ0n) is 13.2. The van der Waals surface area contributed by atoms with Gasteiger partial charge in [0.05, 0.1) is 12.3 Å². The van der Waals surface area contributed by atoms with Crippen molar-refractivity contribution >= 4 is 33.7 Å². The molecule has 8 nitrogen and oxygen atoms in total. The number of aliphatic carboxylic acids is 1. The van der Waals surface area contributed by atoms with Crippen LogP contribution < -0.4 is 0 Å². The van der Waals surface area contributed by atoms with Crippen molar-refractivity contribution in [2.75, 3.05) is 12.8 Å². The molecule has 0 bridgehead atoms. The zero-order valence-corrected chi connectivity index (χ0v) is 14.8. The summed E-state index contributed by atoms with van der Waals surface area (Å²) in [7, 11) is -3.52. The number of hydrogen-bond acceptors (Lipinski definition) is 6. The minimum Gasteiger partial charge on any atom is -0.477 e. The number of aromatic nitrogens is 1. The number of pyridine rings is 1. The normalized spacial score (nSPS) is 28.8. The Kier molecular flexibility index (Phi) is 3.67. The topological polar surface area (TPSA) is 108 Å². The minimum absolute atomic E-state index is 0.0200. The third kappa shape index (κ3) is 2.39. The molecule has 25 heavy (non-hydrogen) atoms. The second-order valence-electron chi connectivity index (χ2n) is 6.22. The predicted molar refractivity (Wildman–Crippen MR) is 88.8 cm³/mol. The van der Waals surface area contributed by atoms with E-state index in [1.165, 1.54) is 21.0 Å². The van der Waals surface area contributed by atoms with E-state index in [9.17, 15) is 23.1 Å². The second-order valence-corrected chi connectivity index (χ2v) is 9.27. The van der Waals surface area contributed by atoms with E-state index in [0.717, 1.165) is 11.2 Å². The van der Waals surface area contributed by atoms with E-state index < -0.39 is 34.0 Å². The van der Waals surface area contributed by atoms with Crippen LogP contribution in [0.3, 0.4) is 0 Å². The number of carboxylic acids is 1. The highest BCUT2D eigenvalue weighted by Gasteiger charge is 2.65. The van der Waals surface area contributed by atoms with Crippen LogP contribution in [-0.4, -0.2) is 64.5 Å². The number of rotatable bonds is 4. The Morgan fingerprint density at radius 3 is 2.64 bits per heavy atom. The third-order valence-corrected chi connectivity index (χ3v) is 7.30. The van der Waals surface area contributed by atoms with Crippen LogP contribution in [0.2, 0.25) is 0 Å². The highest BCUT2D eigenvalue weighted by molar-refractivity contribution is 8.03. The standard InChI is InChI=1S/C15H15N3O5S2/c1-25(22,23)17-7-4-9-10-11(17)14(19)18(10)12(15(20)21)13(9)24-8-2-5-16-6-3-8/h2-3,5-6,9-11H,4,7H2,1H3,(H,20,21)/t9?,10-,11+/m1/s1. The van der Waals surface area contributed by atoms with Gasteiger partial charge in [-0.15, -0.1) is 0 Å². The van der Waals surface area contributed by atoms with Crippen molar-refractivity contribution in [1.29, 1.82) is 0 Å². The molecular formula is C15H15N3O5S2. The van der Waals surface area contributed by atoms with Crippen LogP contribution >= 0.6 is 11.8 Å². The van der Waals surface area contributed by atoms with Gasteiger partial charge in [0.25, 0.3) is 0 Å². The maximum atomic E-state index is 12.5. The molecule has 0 aliphatic carbocycles. The Hall–Kier alpha value is -1.91. The van der Waals surface area contributed by atoms with E-state index in [2.05, 4.69) is 4.98 Å². The molecule has 0 spiro atoms. The lowest BCUT2D eigenvalue weighted by atomic mass is 9.82. The molecule has 0 saturated carbocycles. The van der Waals surface area contributed by atoms with Gasteiger partial charge in [0, 0.05) is 34.7 Å². The summed E-state index contributed by atoms with van der Waals surface area (Å²) in [6, 6.07) is 2.33. The quantitative estimate of drug-likeness (QED) is 0.750. The summed E-state index contributed by atoms with van der Waals surface area (Å²) in [5, 5.41) is 9.64. The number of hydrogen-bond donors (Lipinski definition) is 1. The summed E-state index contributed by atoms with van der Waals surface area (Å²) in [4.78, 5) is 31.0. The Morgan fingerprint density at radius 1 is 1.36 bits per heavy atom. The van der Waals surface area contributed by atoms with Crippen LogP contribution in [0.4, 0.5) is 0 Å². The molecule has 1 aromatic heterocycles. The van der Waals surface area contributed by atoms with Crippen molar-refractivity contribution in [2.24, 2.45) is 5.92 Å². The van der Waals surface area contributed by atoms with E-state index in [4.69, 9.17) is 0 Å². The van der Waals surface area contributed by atoms with E-state index in [1.807, 2.05) is 0 Å².